The molecule has 0 bridgehead atoms. The number of piperidine rings is 3. The van der Waals surface area contributed by atoms with E-state index in [4.69, 9.17) is 0 Å². The molecule has 3 fully saturated rings. The Morgan fingerprint density at radius 2 is 1.87 bits per heavy atom. The van der Waals surface area contributed by atoms with Gasteiger partial charge in [-0.1, -0.05) is 25.1 Å². The molecule has 0 aromatic heterocycles. The fraction of sp³-hybridized carbons (Fsp3) is 0.680. The first-order chi connectivity index (χ1) is 15.2. The molecule has 2 N–H and O–H groups in total. The number of nitrogens with zero attached hydrogens (tertiary/aromatic N) is 2. The fourth-order valence-corrected chi connectivity index (χ4v) is 6.15. The van der Waals surface area contributed by atoms with E-state index < -0.39 is 0 Å². The summed E-state index contributed by atoms with van der Waals surface area (Å²) in [6.45, 7) is 6.12. The zero-order valence-electron chi connectivity index (χ0n) is 18.9. The first kappa shape index (κ1) is 22.1. The van der Waals surface area contributed by atoms with Crippen molar-refractivity contribution in [3.63, 3.8) is 0 Å². The number of likely N-dealkylation sites (tertiary alicyclic amines) is 1. The molecule has 3 aliphatic heterocycles. The van der Waals surface area contributed by atoms with Crippen LogP contribution in [0.4, 0.5) is 10.5 Å². The maximum Gasteiger partial charge on any atom is 0.317 e. The van der Waals surface area contributed by atoms with Crippen LogP contribution in [0.5, 0.6) is 0 Å². The van der Waals surface area contributed by atoms with Crippen LogP contribution in [0.2, 0.25) is 0 Å². The molecule has 3 saturated heterocycles. The van der Waals surface area contributed by atoms with Crippen molar-refractivity contribution in [2.45, 2.75) is 70.4 Å². The van der Waals surface area contributed by atoms with Gasteiger partial charge in [-0.05, 0) is 82.0 Å². The van der Waals surface area contributed by atoms with Crippen LogP contribution in [0.25, 0.3) is 0 Å². The molecular formula is C25H38N4O2. The Balaban J connectivity index is 1.41. The van der Waals surface area contributed by atoms with Gasteiger partial charge in [-0.25, -0.2) is 4.79 Å². The van der Waals surface area contributed by atoms with Gasteiger partial charge in [0, 0.05) is 37.3 Å². The first-order valence-electron chi connectivity index (χ1n) is 12.3. The van der Waals surface area contributed by atoms with Gasteiger partial charge in [0.1, 0.15) is 0 Å². The molecule has 0 saturated carbocycles. The third kappa shape index (κ3) is 5.22. The third-order valence-corrected chi connectivity index (χ3v) is 7.42. The SMILES string of the molecule is CCCNC(=O)N1C[C@@H]2CCCN3CCC[C@@H]([C@H]23)[C@H]1CCCC(=O)Nc1ccccc1. The minimum atomic E-state index is 0.0600. The number of rotatable bonds is 7. The van der Waals surface area contributed by atoms with E-state index in [1.54, 1.807) is 0 Å². The largest absolute Gasteiger partial charge is 0.338 e. The smallest absolute Gasteiger partial charge is 0.317 e. The predicted molar refractivity (Wildman–Crippen MR) is 124 cm³/mol. The minimum absolute atomic E-state index is 0.0600. The topological polar surface area (TPSA) is 64.7 Å². The summed E-state index contributed by atoms with van der Waals surface area (Å²) in [4.78, 5) is 30.4. The number of urea groups is 1. The van der Waals surface area contributed by atoms with Gasteiger partial charge in [0.05, 0.1) is 0 Å². The highest BCUT2D eigenvalue weighted by Crippen LogP contribution is 2.43. The average Bonchev–Trinajstić information content (AvgIpc) is 2.79. The zero-order valence-corrected chi connectivity index (χ0v) is 18.9. The molecule has 31 heavy (non-hydrogen) atoms. The summed E-state index contributed by atoms with van der Waals surface area (Å²) in [5, 5.41) is 6.12. The summed E-state index contributed by atoms with van der Waals surface area (Å²) in [6, 6.07) is 10.6. The first-order valence-corrected chi connectivity index (χ1v) is 12.3. The highest BCUT2D eigenvalue weighted by molar-refractivity contribution is 5.90. The lowest BCUT2D eigenvalue weighted by Crippen LogP contribution is -2.66. The van der Waals surface area contributed by atoms with Crippen molar-refractivity contribution in [2.24, 2.45) is 11.8 Å². The van der Waals surface area contributed by atoms with Gasteiger partial charge in [-0.2, -0.15) is 0 Å². The lowest BCUT2D eigenvalue weighted by atomic mass is 9.69. The quantitative estimate of drug-likeness (QED) is 0.690. The summed E-state index contributed by atoms with van der Waals surface area (Å²) < 4.78 is 0. The van der Waals surface area contributed by atoms with E-state index in [0.717, 1.165) is 38.0 Å². The number of benzene rings is 1. The number of nitrogens with one attached hydrogen (secondary N) is 2. The van der Waals surface area contributed by atoms with Crippen LogP contribution in [-0.4, -0.2) is 60.0 Å². The Morgan fingerprint density at radius 1 is 1.10 bits per heavy atom. The van der Waals surface area contributed by atoms with Crippen molar-refractivity contribution in [1.82, 2.24) is 15.1 Å². The van der Waals surface area contributed by atoms with Crippen molar-refractivity contribution in [3.8, 4) is 0 Å². The van der Waals surface area contributed by atoms with Crippen molar-refractivity contribution >= 4 is 17.6 Å². The van der Waals surface area contributed by atoms with Crippen LogP contribution < -0.4 is 10.6 Å². The van der Waals surface area contributed by atoms with E-state index in [1.807, 2.05) is 30.3 Å². The second-order valence-corrected chi connectivity index (χ2v) is 9.49. The second kappa shape index (κ2) is 10.5. The van der Waals surface area contributed by atoms with E-state index in [2.05, 4.69) is 27.4 Å². The molecule has 0 aliphatic carbocycles. The maximum atomic E-state index is 13.1. The second-order valence-electron chi connectivity index (χ2n) is 9.49. The Labute approximate surface area is 186 Å². The Hall–Kier alpha value is -2.08. The number of anilines is 1. The lowest BCUT2D eigenvalue weighted by molar-refractivity contribution is -0.116. The van der Waals surface area contributed by atoms with Gasteiger partial charge >= 0.3 is 6.03 Å². The molecule has 4 atom stereocenters. The van der Waals surface area contributed by atoms with Crippen LogP contribution in [0.1, 0.15) is 58.3 Å². The van der Waals surface area contributed by atoms with E-state index in [-0.39, 0.29) is 18.0 Å². The molecule has 0 spiro atoms. The molecule has 6 nitrogen and oxygen atoms in total. The van der Waals surface area contributed by atoms with Gasteiger partial charge in [-0.15, -0.1) is 0 Å². The number of carbonyl (C=O) groups excluding carboxylic acids is 2. The molecule has 3 aliphatic rings. The predicted octanol–water partition coefficient (Wildman–Crippen LogP) is 4.09. The fourth-order valence-electron chi connectivity index (χ4n) is 6.15. The van der Waals surface area contributed by atoms with Gasteiger partial charge in [0.25, 0.3) is 0 Å². The number of carbonyl (C=O) groups is 2. The Morgan fingerprint density at radius 3 is 2.65 bits per heavy atom. The minimum Gasteiger partial charge on any atom is -0.338 e. The van der Waals surface area contributed by atoms with E-state index in [0.29, 0.717) is 24.3 Å². The van der Waals surface area contributed by atoms with Crippen LogP contribution in [0.15, 0.2) is 30.3 Å². The summed E-state index contributed by atoms with van der Waals surface area (Å²) >= 11 is 0. The Kier molecular flexibility index (Phi) is 7.49. The summed E-state index contributed by atoms with van der Waals surface area (Å²) in [6.07, 6.45) is 8.09. The van der Waals surface area contributed by atoms with Crippen molar-refractivity contribution in [1.29, 1.82) is 0 Å². The van der Waals surface area contributed by atoms with E-state index in [9.17, 15) is 9.59 Å². The zero-order chi connectivity index (χ0) is 21.6. The summed E-state index contributed by atoms with van der Waals surface area (Å²) in [5.41, 5.74) is 0.846. The normalized spacial score (nSPS) is 28.0. The molecular weight excluding hydrogens is 388 g/mol. The van der Waals surface area contributed by atoms with Crippen molar-refractivity contribution < 1.29 is 9.59 Å². The van der Waals surface area contributed by atoms with Crippen molar-refractivity contribution in [2.75, 3.05) is 31.5 Å². The Bertz CT molecular complexity index is 738. The molecule has 3 heterocycles. The molecule has 1 aromatic rings. The molecule has 0 radical (unpaired) electrons. The van der Waals surface area contributed by atoms with Gasteiger partial charge in [-0.3, -0.25) is 9.69 Å². The number of para-hydroxylation sites is 1. The van der Waals surface area contributed by atoms with E-state index >= 15 is 0 Å². The van der Waals surface area contributed by atoms with Gasteiger partial charge in [0.15, 0.2) is 0 Å². The van der Waals surface area contributed by atoms with E-state index in [1.165, 1.54) is 38.8 Å². The maximum absolute atomic E-state index is 13.1. The number of hydrogen-bond acceptors (Lipinski definition) is 3. The van der Waals surface area contributed by atoms with Gasteiger partial charge < -0.3 is 15.5 Å². The monoisotopic (exact) mass is 426 g/mol. The molecule has 0 unspecified atom stereocenters. The van der Waals surface area contributed by atoms with Crippen LogP contribution >= 0.6 is 0 Å². The van der Waals surface area contributed by atoms with Crippen molar-refractivity contribution in [3.05, 3.63) is 30.3 Å². The third-order valence-electron chi connectivity index (χ3n) is 7.42. The molecule has 3 amide bonds. The standard InChI is InChI=1S/C25H38N4O2/c1-2-15-26-25(31)29-18-19-9-7-16-28-17-8-12-21(24(19)28)22(29)13-6-14-23(30)27-20-10-4-3-5-11-20/h3-5,10-11,19,21-22,24H,2,6-9,12-18H2,1H3,(H,26,31)(H,27,30)/t19-,21+,22+,24-/m0/s1. The highest BCUT2D eigenvalue weighted by atomic mass is 16.2. The van der Waals surface area contributed by atoms with Crippen LogP contribution in [0, 0.1) is 11.8 Å². The highest BCUT2D eigenvalue weighted by Gasteiger charge is 2.49. The van der Waals surface area contributed by atoms with Gasteiger partial charge in [0.2, 0.25) is 5.91 Å². The average molecular weight is 427 g/mol. The summed E-state index contributed by atoms with van der Waals surface area (Å²) in [5.74, 6) is 1.20. The molecule has 4 rings (SSSR count). The molecule has 6 heteroatoms. The molecule has 1 aromatic carbocycles. The number of hydrogen-bond donors (Lipinski definition) is 2. The lowest BCUT2D eigenvalue weighted by Gasteiger charge is -2.57. The van der Waals surface area contributed by atoms with Crippen LogP contribution in [-0.2, 0) is 4.79 Å². The molecule has 170 valence electrons. The summed E-state index contributed by atoms with van der Waals surface area (Å²) in [7, 11) is 0. The van der Waals surface area contributed by atoms with Crippen LogP contribution in [0.3, 0.4) is 0 Å². The number of amides is 3.